The third kappa shape index (κ3) is 4.73. The van der Waals surface area contributed by atoms with Gasteiger partial charge in [-0.1, -0.05) is 32.1 Å². The smallest absolute Gasteiger partial charge is 0.312 e. The van der Waals surface area contributed by atoms with Crippen LogP contribution in [-0.2, 0) is 23.9 Å². The van der Waals surface area contributed by atoms with E-state index in [0.29, 0.717) is 45.3 Å². The van der Waals surface area contributed by atoms with E-state index in [9.17, 15) is 14.4 Å². The van der Waals surface area contributed by atoms with Crippen molar-refractivity contribution in [3.63, 3.8) is 0 Å². The first-order valence-electron chi connectivity index (χ1n) is 12.2. The average molecular weight is 463 g/mol. The Kier molecular flexibility index (Phi) is 8.70. The molecule has 2 unspecified atom stereocenters. The van der Waals surface area contributed by atoms with Crippen LogP contribution in [0.5, 0.6) is 0 Å². The number of likely N-dealkylation sites (tertiary alicyclic amines) is 1. The van der Waals surface area contributed by atoms with Gasteiger partial charge in [0.25, 0.3) is 0 Å². The van der Waals surface area contributed by atoms with Crippen molar-refractivity contribution < 1.29 is 29.0 Å². The summed E-state index contributed by atoms with van der Waals surface area (Å²) in [6, 6.07) is -0.761. The first-order chi connectivity index (χ1) is 16.0. The number of hydrogen-bond acceptors (Lipinski definition) is 6. The Bertz CT molecular complexity index is 755. The Labute approximate surface area is 196 Å². The normalized spacial score (nSPS) is 29.8. The molecule has 0 saturated carbocycles. The van der Waals surface area contributed by atoms with Crippen molar-refractivity contribution in [2.24, 2.45) is 11.8 Å². The molecule has 3 rings (SSSR count). The molecule has 3 aliphatic rings. The average Bonchev–Trinajstić information content (AvgIpc) is 3.45. The van der Waals surface area contributed by atoms with E-state index < -0.39 is 35.6 Å². The first-order valence-corrected chi connectivity index (χ1v) is 12.2. The molecule has 3 aliphatic heterocycles. The summed E-state index contributed by atoms with van der Waals surface area (Å²) in [6.45, 7) is 11.0. The minimum atomic E-state index is -1.00. The van der Waals surface area contributed by atoms with Gasteiger partial charge in [0.05, 0.1) is 17.9 Å². The van der Waals surface area contributed by atoms with Crippen molar-refractivity contribution in [1.82, 2.24) is 9.80 Å². The fourth-order valence-electron chi connectivity index (χ4n) is 5.72. The van der Waals surface area contributed by atoms with E-state index >= 15 is 0 Å². The lowest BCUT2D eigenvalue weighted by molar-refractivity contribution is -0.154. The molecule has 5 atom stereocenters. The number of carbonyl (C=O) groups is 3. The van der Waals surface area contributed by atoms with Gasteiger partial charge in [-0.2, -0.15) is 0 Å². The van der Waals surface area contributed by atoms with Crippen molar-refractivity contribution in [1.29, 1.82) is 0 Å². The van der Waals surface area contributed by atoms with Crippen LogP contribution in [0.15, 0.2) is 25.3 Å². The van der Waals surface area contributed by atoms with Gasteiger partial charge in [-0.05, 0) is 38.5 Å². The molecule has 8 nitrogen and oxygen atoms in total. The molecule has 0 aromatic rings. The first kappa shape index (κ1) is 25.4. The molecule has 0 aromatic carbocycles. The van der Waals surface area contributed by atoms with E-state index in [1.807, 2.05) is 0 Å². The van der Waals surface area contributed by atoms with Crippen molar-refractivity contribution in [3.05, 3.63) is 25.3 Å². The molecule has 1 spiro atoms. The molecule has 2 amide bonds. The third-order valence-corrected chi connectivity index (χ3v) is 7.15. The molecule has 3 saturated heterocycles. The highest BCUT2D eigenvalue weighted by Gasteiger charge is 2.74. The van der Waals surface area contributed by atoms with Crippen molar-refractivity contribution in [2.75, 3.05) is 32.8 Å². The van der Waals surface area contributed by atoms with Crippen LogP contribution in [0, 0.1) is 11.8 Å². The fraction of sp³-hybridized carbons (Fsp3) is 0.720. The standard InChI is InChI=1S/C25H38N2O6/c1-4-7-14-26(13-5-2)23(30)21-25-12-11-18(33-25)19(24(31)32-17-6-3)20(25)22(29)27(21)15-9-8-10-16-28/h5-6,18-21,28H,2-4,7-17H2,1H3/t18-,19+,20+,21?,25?/m1/s1. The van der Waals surface area contributed by atoms with E-state index in [2.05, 4.69) is 20.1 Å². The monoisotopic (exact) mass is 462 g/mol. The molecule has 0 aromatic heterocycles. The number of nitrogens with zero attached hydrogens (tertiary/aromatic N) is 2. The topological polar surface area (TPSA) is 96.4 Å². The molecular formula is C25H38N2O6. The number of carbonyl (C=O) groups excluding carboxylic acids is 3. The summed E-state index contributed by atoms with van der Waals surface area (Å²) in [5.41, 5.74) is -1.00. The minimum Gasteiger partial charge on any atom is -0.461 e. The Hall–Kier alpha value is -2.19. The van der Waals surface area contributed by atoms with Gasteiger partial charge in [0, 0.05) is 26.2 Å². The summed E-state index contributed by atoms with van der Waals surface area (Å²) in [6.07, 6.45) is 7.84. The zero-order chi connectivity index (χ0) is 24.0. The predicted octanol–water partition coefficient (Wildman–Crippen LogP) is 2.07. The van der Waals surface area contributed by atoms with Crippen LogP contribution in [0.1, 0.15) is 51.9 Å². The Balaban J connectivity index is 1.93. The molecule has 1 N–H and O–H groups in total. The second-order valence-electron chi connectivity index (χ2n) is 9.22. The SMILES string of the molecule is C=CCOC(=O)[C@@H]1[C@H]2C(=O)N(CCCCCO)C(C(=O)N(CC=C)CCCC)C23CC[C@H]1O3. The molecule has 8 heteroatoms. The van der Waals surface area contributed by atoms with E-state index in [0.717, 1.165) is 19.3 Å². The molecule has 3 heterocycles. The molecular weight excluding hydrogens is 424 g/mol. The minimum absolute atomic E-state index is 0.0767. The van der Waals surface area contributed by atoms with Gasteiger partial charge in [0.1, 0.15) is 18.2 Å². The maximum absolute atomic E-state index is 13.9. The van der Waals surface area contributed by atoms with E-state index in [1.165, 1.54) is 6.08 Å². The lowest BCUT2D eigenvalue weighted by Gasteiger charge is -2.36. The number of aliphatic hydroxyl groups is 1. The van der Waals surface area contributed by atoms with Gasteiger partial charge in [0.15, 0.2) is 0 Å². The van der Waals surface area contributed by atoms with Crippen LogP contribution in [0.25, 0.3) is 0 Å². The quantitative estimate of drug-likeness (QED) is 0.241. The summed E-state index contributed by atoms with van der Waals surface area (Å²) in [5, 5.41) is 9.12. The second kappa shape index (κ2) is 11.3. The number of ether oxygens (including phenoxy) is 2. The zero-order valence-electron chi connectivity index (χ0n) is 19.7. The van der Waals surface area contributed by atoms with Gasteiger partial charge in [-0.3, -0.25) is 14.4 Å². The molecule has 33 heavy (non-hydrogen) atoms. The van der Waals surface area contributed by atoms with Crippen LogP contribution in [0.2, 0.25) is 0 Å². The maximum Gasteiger partial charge on any atom is 0.312 e. The third-order valence-electron chi connectivity index (χ3n) is 7.15. The van der Waals surface area contributed by atoms with Crippen LogP contribution < -0.4 is 0 Å². The largest absolute Gasteiger partial charge is 0.461 e. The van der Waals surface area contributed by atoms with Gasteiger partial charge >= 0.3 is 5.97 Å². The number of fused-ring (bicyclic) bond motifs is 1. The molecule has 3 fully saturated rings. The van der Waals surface area contributed by atoms with Crippen molar-refractivity contribution in [3.8, 4) is 0 Å². The van der Waals surface area contributed by atoms with Gasteiger partial charge in [-0.15, -0.1) is 6.58 Å². The Morgan fingerprint density at radius 2 is 2.06 bits per heavy atom. The van der Waals surface area contributed by atoms with Gasteiger partial charge in [-0.25, -0.2) is 0 Å². The molecule has 2 bridgehead atoms. The zero-order valence-corrected chi connectivity index (χ0v) is 19.7. The highest BCUT2D eigenvalue weighted by atomic mass is 16.6. The summed E-state index contributed by atoms with van der Waals surface area (Å²) in [4.78, 5) is 43.9. The van der Waals surface area contributed by atoms with Crippen LogP contribution in [-0.4, -0.2) is 83.3 Å². The highest BCUT2D eigenvalue weighted by Crippen LogP contribution is 2.58. The highest BCUT2D eigenvalue weighted by molar-refractivity contribution is 5.98. The van der Waals surface area contributed by atoms with Crippen molar-refractivity contribution in [2.45, 2.75) is 69.6 Å². The van der Waals surface area contributed by atoms with E-state index in [1.54, 1.807) is 15.9 Å². The Morgan fingerprint density at radius 1 is 1.27 bits per heavy atom. The summed E-state index contributed by atoms with van der Waals surface area (Å²) < 4.78 is 11.7. The van der Waals surface area contributed by atoms with E-state index in [4.69, 9.17) is 14.6 Å². The summed E-state index contributed by atoms with van der Waals surface area (Å²) in [7, 11) is 0. The van der Waals surface area contributed by atoms with Crippen molar-refractivity contribution >= 4 is 17.8 Å². The summed E-state index contributed by atoms with van der Waals surface area (Å²) in [5.74, 6) is -2.21. The fourth-order valence-corrected chi connectivity index (χ4v) is 5.72. The molecule has 184 valence electrons. The number of amides is 2. The van der Waals surface area contributed by atoms with Gasteiger partial charge in [0.2, 0.25) is 11.8 Å². The number of esters is 1. The number of aliphatic hydroxyl groups excluding tert-OH is 1. The number of rotatable bonds is 14. The van der Waals surface area contributed by atoms with Crippen LogP contribution in [0.3, 0.4) is 0 Å². The second-order valence-corrected chi connectivity index (χ2v) is 9.22. The maximum atomic E-state index is 13.9. The van der Waals surface area contributed by atoms with Crippen LogP contribution in [0.4, 0.5) is 0 Å². The lowest BCUT2D eigenvalue weighted by Crippen LogP contribution is -2.56. The van der Waals surface area contributed by atoms with E-state index in [-0.39, 0.29) is 25.0 Å². The number of hydrogen-bond donors (Lipinski definition) is 1. The Morgan fingerprint density at radius 3 is 2.73 bits per heavy atom. The molecule has 0 radical (unpaired) electrons. The van der Waals surface area contributed by atoms with Gasteiger partial charge < -0.3 is 24.4 Å². The predicted molar refractivity (Wildman–Crippen MR) is 123 cm³/mol. The van der Waals surface area contributed by atoms with Crippen LogP contribution >= 0.6 is 0 Å². The lowest BCUT2D eigenvalue weighted by atomic mass is 9.70. The number of unbranched alkanes of at least 4 members (excludes halogenated alkanes) is 3. The molecule has 0 aliphatic carbocycles. The summed E-state index contributed by atoms with van der Waals surface area (Å²) >= 11 is 0.